The van der Waals surface area contributed by atoms with Gasteiger partial charge in [-0.15, -0.1) is 0 Å². The van der Waals surface area contributed by atoms with Crippen molar-refractivity contribution in [1.82, 2.24) is 0 Å². The first kappa shape index (κ1) is 24.7. The fourth-order valence-electron chi connectivity index (χ4n) is 5.65. The molecule has 5 atom stereocenters. The third kappa shape index (κ3) is 5.32. The Morgan fingerprint density at radius 2 is 1.88 bits per heavy atom. The number of methoxy groups -OCH3 is 1. The van der Waals surface area contributed by atoms with Gasteiger partial charge in [0.05, 0.1) is 7.85 Å². The Kier molecular flexibility index (Phi) is 9.97. The molecule has 0 amide bonds. The van der Waals surface area contributed by atoms with Gasteiger partial charge in [0, 0.05) is 18.7 Å². The Balaban J connectivity index is 0.00000104. The highest BCUT2D eigenvalue weighted by atomic mass is 16.6. The lowest BCUT2D eigenvalue weighted by Crippen LogP contribution is -2.44. The fraction of sp³-hybridized carbons (Fsp3) is 0.952. The highest BCUT2D eigenvalue weighted by Gasteiger charge is 2.54. The Labute approximate surface area is 158 Å². The highest BCUT2D eigenvalue weighted by molar-refractivity contribution is 6.12. The van der Waals surface area contributed by atoms with Crippen LogP contribution in [0.5, 0.6) is 0 Å². The van der Waals surface area contributed by atoms with Crippen LogP contribution >= 0.6 is 0 Å². The molecule has 2 aliphatic carbocycles. The molecule has 3 nitrogen and oxygen atoms in total. The molecule has 0 saturated heterocycles. The molecule has 0 aromatic carbocycles. The summed E-state index contributed by atoms with van der Waals surface area (Å²) in [6.45, 7) is 11.3. The molecule has 25 heavy (non-hydrogen) atoms. The number of aliphatic hydroxyl groups is 1. The predicted octanol–water partition coefficient (Wildman–Crippen LogP) is 5.47. The van der Waals surface area contributed by atoms with E-state index in [0.717, 1.165) is 5.71 Å². The number of hydrogen-bond donors (Lipinski definition) is 2. The fourth-order valence-corrected chi connectivity index (χ4v) is 5.65. The van der Waals surface area contributed by atoms with Crippen molar-refractivity contribution < 1.29 is 9.84 Å². The van der Waals surface area contributed by atoms with E-state index in [9.17, 15) is 0 Å². The number of nitrogens with one attached hydrogen (secondary N) is 1. The number of aliphatic hydroxyl groups excluding tert-OH is 1. The van der Waals surface area contributed by atoms with Crippen molar-refractivity contribution in [2.75, 3.05) is 13.9 Å². The SMILES string of the molecule is C.COCO.[B]C1C(C(C)(C)CCC)CCC2(C)C(C(C)=N)CCC12. The third-order valence-electron chi connectivity index (χ3n) is 6.88. The van der Waals surface area contributed by atoms with Crippen LogP contribution in [0.15, 0.2) is 0 Å². The van der Waals surface area contributed by atoms with Crippen LogP contribution in [0.2, 0.25) is 5.82 Å². The summed E-state index contributed by atoms with van der Waals surface area (Å²) in [5.41, 5.74) is 1.55. The molecule has 146 valence electrons. The standard InChI is InChI=1S/C18H32BN.C2H6O2.CH4/c1-6-10-17(3,4)14-9-11-18(5)13(12(2)20)7-8-15(18)16(14)19;1-4-2-3;/h13-16,20H,6-11H2,1-5H3;3H,2H2,1H3;1H4. The Hall–Kier alpha value is -0.345. The molecule has 0 aromatic heterocycles. The molecule has 2 radical (unpaired) electrons. The quantitative estimate of drug-likeness (QED) is 0.392. The van der Waals surface area contributed by atoms with E-state index in [0.29, 0.717) is 34.4 Å². The molecule has 2 fully saturated rings. The van der Waals surface area contributed by atoms with Crippen LogP contribution in [0.3, 0.4) is 0 Å². The van der Waals surface area contributed by atoms with E-state index in [1.807, 2.05) is 6.92 Å². The monoisotopic (exact) mass is 351 g/mol. The maximum atomic E-state index is 8.10. The van der Waals surface area contributed by atoms with E-state index in [4.69, 9.17) is 18.4 Å². The molecule has 5 unspecified atom stereocenters. The van der Waals surface area contributed by atoms with Gasteiger partial charge >= 0.3 is 0 Å². The van der Waals surface area contributed by atoms with Gasteiger partial charge in [0.2, 0.25) is 0 Å². The maximum Gasteiger partial charge on any atom is 0.143 e. The second kappa shape index (κ2) is 10.1. The zero-order chi connectivity index (χ0) is 18.5. The van der Waals surface area contributed by atoms with Gasteiger partial charge in [-0.2, -0.15) is 0 Å². The number of ether oxygens (including phenoxy) is 1. The molecule has 0 aromatic rings. The third-order valence-corrected chi connectivity index (χ3v) is 6.88. The molecule has 2 N–H and O–H groups in total. The largest absolute Gasteiger partial charge is 0.371 e. The van der Waals surface area contributed by atoms with E-state index in [2.05, 4.69) is 32.4 Å². The van der Waals surface area contributed by atoms with Gasteiger partial charge in [0.15, 0.2) is 0 Å². The van der Waals surface area contributed by atoms with E-state index in [1.54, 1.807) is 0 Å². The van der Waals surface area contributed by atoms with Gasteiger partial charge in [-0.25, -0.2) is 0 Å². The second-order valence-corrected chi connectivity index (χ2v) is 8.80. The normalized spacial score (nSPS) is 34.4. The van der Waals surface area contributed by atoms with E-state index in [-0.39, 0.29) is 14.2 Å². The van der Waals surface area contributed by atoms with Crippen LogP contribution < -0.4 is 0 Å². The van der Waals surface area contributed by atoms with Crippen molar-refractivity contribution in [2.24, 2.45) is 28.6 Å². The van der Waals surface area contributed by atoms with Crippen molar-refractivity contribution in [1.29, 1.82) is 5.41 Å². The van der Waals surface area contributed by atoms with Crippen molar-refractivity contribution >= 4 is 13.6 Å². The molecule has 0 heterocycles. The zero-order valence-electron chi connectivity index (χ0n) is 16.7. The van der Waals surface area contributed by atoms with Gasteiger partial charge in [0.25, 0.3) is 0 Å². The maximum absolute atomic E-state index is 8.10. The van der Waals surface area contributed by atoms with Crippen molar-refractivity contribution in [2.45, 2.75) is 86.4 Å². The molecule has 0 aliphatic heterocycles. The summed E-state index contributed by atoms with van der Waals surface area (Å²) >= 11 is 0. The number of fused-ring (bicyclic) bond motifs is 1. The minimum atomic E-state index is -0.181. The molecule has 2 saturated carbocycles. The van der Waals surface area contributed by atoms with Crippen LogP contribution in [0.25, 0.3) is 0 Å². The van der Waals surface area contributed by atoms with Crippen LogP contribution in [-0.4, -0.2) is 32.6 Å². The van der Waals surface area contributed by atoms with Crippen LogP contribution in [0.4, 0.5) is 0 Å². The average molecular weight is 351 g/mol. The summed E-state index contributed by atoms with van der Waals surface area (Å²) in [4.78, 5) is 0. The minimum absolute atomic E-state index is 0. The van der Waals surface area contributed by atoms with Crippen molar-refractivity contribution in [3.8, 4) is 0 Å². The molecular weight excluding hydrogens is 309 g/mol. The van der Waals surface area contributed by atoms with E-state index in [1.165, 1.54) is 45.6 Å². The Morgan fingerprint density at radius 1 is 1.32 bits per heavy atom. The molecule has 0 spiro atoms. The van der Waals surface area contributed by atoms with Crippen molar-refractivity contribution in [3.05, 3.63) is 0 Å². The van der Waals surface area contributed by atoms with Gasteiger partial charge in [-0.1, -0.05) is 47.4 Å². The lowest BCUT2D eigenvalue weighted by atomic mass is 9.48. The van der Waals surface area contributed by atoms with Crippen molar-refractivity contribution in [3.63, 3.8) is 0 Å². The summed E-state index contributed by atoms with van der Waals surface area (Å²) in [7, 11) is 8.19. The molecule has 0 bridgehead atoms. The Bertz CT molecular complexity index is 411. The van der Waals surface area contributed by atoms with Gasteiger partial charge in [0.1, 0.15) is 6.79 Å². The summed E-state index contributed by atoms with van der Waals surface area (Å²) in [5, 5.41) is 15.8. The van der Waals surface area contributed by atoms with Gasteiger partial charge in [-0.3, -0.25) is 0 Å². The predicted molar refractivity (Wildman–Crippen MR) is 109 cm³/mol. The lowest BCUT2D eigenvalue weighted by Gasteiger charge is -2.52. The number of hydrogen-bond acceptors (Lipinski definition) is 3. The first-order valence-electron chi connectivity index (χ1n) is 9.56. The summed E-state index contributed by atoms with van der Waals surface area (Å²) in [6, 6.07) is 0. The van der Waals surface area contributed by atoms with Gasteiger partial charge < -0.3 is 15.3 Å². The van der Waals surface area contributed by atoms with Gasteiger partial charge in [-0.05, 0) is 61.7 Å². The van der Waals surface area contributed by atoms with E-state index >= 15 is 0 Å². The second-order valence-electron chi connectivity index (χ2n) is 8.80. The summed E-state index contributed by atoms with van der Waals surface area (Å²) in [6.07, 6.45) is 7.47. The van der Waals surface area contributed by atoms with Crippen LogP contribution in [0, 0.1) is 34.0 Å². The first-order chi connectivity index (χ1) is 11.2. The number of rotatable bonds is 5. The van der Waals surface area contributed by atoms with Crippen LogP contribution in [-0.2, 0) is 4.74 Å². The average Bonchev–Trinajstić information content (AvgIpc) is 2.85. The molecule has 4 heteroatoms. The summed E-state index contributed by atoms with van der Waals surface area (Å²) < 4.78 is 4.10. The first-order valence-corrected chi connectivity index (χ1v) is 9.56. The Morgan fingerprint density at radius 3 is 2.32 bits per heavy atom. The molecular formula is C21H42BNO2. The minimum Gasteiger partial charge on any atom is -0.371 e. The topological polar surface area (TPSA) is 53.3 Å². The van der Waals surface area contributed by atoms with E-state index < -0.39 is 0 Å². The highest BCUT2D eigenvalue weighted by Crippen LogP contribution is 2.63. The smallest absolute Gasteiger partial charge is 0.143 e. The molecule has 2 aliphatic rings. The zero-order valence-corrected chi connectivity index (χ0v) is 16.7. The lowest BCUT2D eigenvalue weighted by molar-refractivity contribution is 0.0325. The van der Waals surface area contributed by atoms with Crippen LogP contribution in [0.1, 0.15) is 80.6 Å². The summed E-state index contributed by atoms with van der Waals surface area (Å²) in [5.74, 6) is 2.10. The molecule has 2 rings (SSSR count).